The molecule has 116 valence electrons. The number of nitrogens with zero attached hydrogens (tertiary/aromatic N) is 2. The van der Waals surface area contributed by atoms with Crippen molar-refractivity contribution in [3.05, 3.63) is 45.4 Å². The smallest absolute Gasteiger partial charge is 0.307 e. The van der Waals surface area contributed by atoms with Crippen molar-refractivity contribution >= 4 is 50.5 Å². The van der Waals surface area contributed by atoms with Crippen LogP contribution in [0.15, 0.2) is 29.8 Å². The van der Waals surface area contributed by atoms with E-state index in [0.717, 1.165) is 31.4 Å². The second-order valence-corrected chi connectivity index (χ2v) is 7.52. The van der Waals surface area contributed by atoms with Gasteiger partial charge in [0.25, 0.3) is 0 Å². The first-order valence-electron chi connectivity index (χ1n) is 7.42. The number of thiazole rings is 2. The van der Waals surface area contributed by atoms with Crippen molar-refractivity contribution in [3.63, 3.8) is 0 Å². The van der Waals surface area contributed by atoms with Gasteiger partial charge >= 0.3 is 5.97 Å². The largest absolute Gasteiger partial charge is 0.481 e. The molecule has 1 aliphatic rings. The van der Waals surface area contributed by atoms with Crippen LogP contribution in [0.2, 0.25) is 0 Å². The number of hydrogen-bond donors (Lipinski definition) is 1. The minimum absolute atomic E-state index is 0.0260. The zero-order valence-corrected chi connectivity index (χ0v) is 13.9. The van der Waals surface area contributed by atoms with Gasteiger partial charge < -0.3 is 5.11 Å². The second kappa shape index (κ2) is 5.86. The molecule has 2 heterocycles. The summed E-state index contributed by atoms with van der Waals surface area (Å²) in [5, 5.41) is 10.0. The van der Waals surface area contributed by atoms with Crippen molar-refractivity contribution in [3.8, 4) is 0 Å². The molecule has 23 heavy (non-hydrogen) atoms. The zero-order chi connectivity index (χ0) is 15.8. The normalized spacial score (nSPS) is 15.2. The Morgan fingerprint density at radius 3 is 2.91 bits per heavy atom. The highest BCUT2D eigenvalue weighted by atomic mass is 32.1. The van der Waals surface area contributed by atoms with Crippen molar-refractivity contribution < 1.29 is 9.90 Å². The fourth-order valence-corrected chi connectivity index (χ4v) is 4.36. The van der Waals surface area contributed by atoms with Gasteiger partial charge in [-0.2, -0.15) is 0 Å². The van der Waals surface area contributed by atoms with Gasteiger partial charge in [0.1, 0.15) is 5.01 Å². The van der Waals surface area contributed by atoms with E-state index < -0.39 is 5.97 Å². The quantitative estimate of drug-likeness (QED) is 0.733. The topological polar surface area (TPSA) is 63.1 Å². The van der Waals surface area contributed by atoms with Gasteiger partial charge in [-0.1, -0.05) is 12.1 Å². The lowest BCUT2D eigenvalue weighted by molar-refractivity contribution is -0.135. The Labute approximate surface area is 141 Å². The third-order valence-electron chi connectivity index (χ3n) is 3.80. The number of rotatable bonds is 5. The molecule has 3 aromatic rings. The van der Waals surface area contributed by atoms with Gasteiger partial charge in [-0.05, 0) is 31.1 Å². The summed E-state index contributed by atoms with van der Waals surface area (Å²) in [6, 6.07) is 7.88. The lowest BCUT2D eigenvalue weighted by atomic mass is 10.1. The molecular formula is C17H14N2O2S2. The van der Waals surface area contributed by atoms with Crippen LogP contribution in [0, 0.1) is 0 Å². The van der Waals surface area contributed by atoms with Gasteiger partial charge in [0.15, 0.2) is 0 Å². The van der Waals surface area contributed by atoms with E-state index >= 15 is 0 Å². The number of fused-ring (bicyclic) bond motifs is 1. The summed E-state index contributed by atoms with van der Waals surface area (Å²) in [7, 11) is 0. The van der Waals surface area contributed by atoms with Crippen LogP contribution in [0.5, 0.6) is 0 Å². The van der Waals surface area contributed by atoms with E-state index in [-0.39, 0.29) is 6.42 Å². The Morgan fingerprint density at radius 1 is 1.35 bits per heavy atom. The molecule has 0 aliphatic heterocycles. The Balaban J connectivity index is 1.78. The standard InChI is InChI=1S/C17H14N2O2S2/c20-15(21)8-11(7-14-16(10-5-6-10)18-9-22-14)17-19-12-3-1-2-4-13(12)23-17/h1-4,7,9-10H,5-6,8H2,(H,20,21)/b11-7+. The molecule has 2 aromatic heterocycles. The molecule has 4 nitrogen and oxygen atoms in total. The molecule has 1 aromatic carbocycles. The van der Waals surface area contributed by atoms with Crippen molar-refractivity contribution in [1.82, 2.24) is 9.97 Å². The number of carboxylic acid groups (broad SMARTS) is 1. The summed E-state index contributed by atoms with van der Waals surface area (Å²) < 4.78 is 1.07. The number of carboxylic acids is 1. The lowest BCUT2D eigenvalue weighted by Gasteiger charge is -2.01. The van der Waals surface area contributed by atoms with Crippen molar-refractivity contribution in [2.75, 3.05) is 0 Å². The van der Waals surface area contributed by atoms with Crippen LogP contribution in [0.25, 0.3) is 21.9 Å². The van der Waals surface area contributed by atoms with Crippen LogP contribution in [-0.4, -0.2) is 21.0 Å². The average molecular weight is 342 g/mol. The van der Waals surface area contributed by atoms with E-state index in [0.29, 0.717) is 5.92 Å². The van der Waals surface area contributed by atoms with Crippen LogP contribution < -0.4 is 0 Å². The molecule has 1 fully saturated rings. The lowest BCUT2D eigenvalue weighted by Crippen LogP contribution is -1.97. The maximum Gasteiger partial charge on any atom is 0.307 e. The summed E-state index contributed by atoms with van der Waals surface area (Å²) in [6.45, 7) is 0. The number of hydrogen-bond acceptors (Lipinski definition) is 5. The molecule has 0 amide bonds. The van der Waals surface area contributed by atoms with Crippen LogP contribution in [0.4, 0.5) is 0 Å². The minimum atomic E-state index is -0.840. The van der Waals surface area contributed by atoms with Gasteiger partial charge in [0.2, 0.25) is 0 Å². The number of benzene rings is 1. The first kappa shape index (κ1) is 14.5. The first-order chi connectivity index (χ1) is 11.2. The SMILES string of the molecule is O=C(O)C/C(=C\c1scnc1C1CC1)c1nc2ccccc2s1. The Kier molecular flexibility index (Phi) is 3.71. The highest BCUT2D eigenvalue weighted by Crippen LogP contribution is 2.43. The van der Waals surface area contributed by atoms with Gasteiger partial charge in [0.05, 0.1) is 32.7 Å². The third-order valence-corrected chi connectivity index (χ3v) is 5.71. The maximum atomic E-state index is 11.3. The predicted octanol–water partition coefficient (Wildman–Crippen LogP) is 4.65. The number of para-hydroxylation sites is 1. The zero-order valence-electron chi connectivity index (χ0n) is 12.2. The molecule has 0 spiro atoms. The third kappa shape index (κ3) is 3.04. The number of aromatic nitrogens is 2. The summed E-state index contributed by atoms with van der Waals surface area (Å²) in [5.41, 5.74) is 4.62. The fraction of sp³-hybridized carbons (Fsp3) is 0.235. The van der Waals surface area contributed by atoms with E-state index in [1.54, 1.807) is 22.7 Å². The van der Waals surface area contributed by atoms with Crippen LogP contribution >= 0.6 is 22.7 Å². The minimum Gasteiger partial charge on any atom is -0.481 e. The summed E-state index contributed by atoms with van der Waals surface area (Å²) >= 11 is 3.11. The Morgan fingerprint density at radius 2 is 2.17 bits per heavy atom. The molecule has 6 heteroatoms. The Hall–Kier alpha value is -2.05. The molecule has 4 rings (SSSR count). The average Bonchev–Trinajstić information content (AvgIpc) is 3.10. The highest BCUT2D eigenvalue weighted by Gasteiger charge is 2.28. The van der Waals surface area contributed by atoms with Gasteiger partial charge in [-0.15, -0.1) is 22.7 Å². The van der Waals surface area contributed by atoms with E-state index in [9.17, 15) is 9.90 Å². The number of aliphatic carboxylic acids is 1. The molecule has 1 aliphatic carbocycles. The van der Waals surface area contributed by atoms with E-state index in [1.807, 2.05) is 35.9 Å². The monoisotopic (exact) mass is 342 g/mol. The molecule has 0 bridgehead atoms. The molecule has 0 saturated heterocycles. The fourth-order valence-electron chi connectivity index (χ4n) is 2.55. The molecule has 0 radical (unpaired) electrons. The van der Waals surface area contributed by atoms with E-state index in [4.69, 9.17) is 0 Å². The summed E-state index contributed by atoms with van der Waals surface area (Å²) in [4.78, 5) is 21.4. The molecule has 1 saturated carbocycles. The predicted molar refractivity (Wildman–Crippen MR) is 93.8 cm³/mol. The van der Waals surface area contributed by atoms with Gasteiger partial charge in [-0.3, -0.25) is 4.79 Å². The van der Waals surface area contributed by atoms with Crippen LogP contribution in [-0.2, 0) is 4.79 Å². The van der Waals surface area contributed by atoms with Gasteiger partial charge in [0, 0.05) is 11.5 Å². The Bertz CT molecular complexity index is 873. The molecular weight excluding hydrogens is 328 g/mol. The summed E-state index contributed by atoms with van der Waals surface area (Å²) in [6.07, 6.45) is 4.30. The number of carbonyl (C=O) groups is 1. The van der Waals surface area contributed by atoms with Crippen LogP contribution in [0.1, 0.15) is 40.8 Å². The molecule has 0 unspecified atom stereocenters. The van der Waals surface area contributed by atoms with E-state index in [1.165, 1.54) is 12.8 Å². The van der Waals surface area contributed by atoms with Crippen molar-refractivity contribution in [1.29, 1.82) is 0 Å². The molecule has 1 N–H and O–H groups in total. The van der Waals surface area contributed by atoms with Crippen molar-refractivity contribution in [2.45, 2.75) is 25.2 Å². The summed E-state index contributed by atoms with van der Waals surface area (Å²) in [5.74, 6) is -0.290. The maximum absolute atomic E-state index is 11.3. The first-order valence-corrected chi connectivity index (χ1v) is 9.12. The second-order valence-electron chi connectivity index (χ2n) is 5.60. The van der Waals surface area contributed by atoms with Crippen molar-refractivity contribution in [2.24, 2.45) is 0 Å². The van der Waals surface area contributed by atoms with Crippen LogP contribution in [0.3, 0.4) is 0 Å². The van der Waals surface area contributed by atoms with Gasteiger partial charge in [-0.25, -0.2) is 9.97 Å². The molecule has 0 atom stereocenters. The van der Waals surface area contributed by atoms with E-state index in [2.05, 4.69) is 9.97 Å². The highest BCUT2D eigenvalue weighted by molar-refractivity contribution is 7.19.